The van der Waals surface area contributed by atoms with E-state index in [1.165, 1.54) is 18.2 Å². The van der Waals surface area contributed by atoms with Crippen LogP contribution in [0.2, 0.25) is 5.02 Å². The third-order valence-electron chi connectivity index (χ3n) is 3.68. The van der Waals surface area contributed by atoms with E-state index < -0.39 is 0 Å². The number of piperidine rings is 1. The highest BCUT2D eigenvalue weighted by Crippen LogP contribution is 2.35. The van der Waals surface area contributed by atoms with Crippen molar-refractivity contribution < 1.29 is 4.42 Å². The molecular formula is C14H16ClNO. The summed E-state index contributed by atoms with van der Waals surface area (Å²) in [5.74, 6) is 1.66. The lowest BCUT2D eigenvalue weighted by Crippen LogP contribution is -2.29. The zero-order valence-electron chi connectivity index (χ0n) is 9.95. The summed E-state index contributed by atoms with van der Waals surface area (Å²) in [5, 5.41) is 3.13. The number of fused-ring (bicyclic) bond motifs is 1. The second-order valence-corrected chi connectivity index (χ2v) is 5.35. The molecule has 1 aliphatic rings. The molecule has 90 valence electrons. The lowest BCUT2D eigenvalue weighted by molar-refractivity contribution is 0.241. The van der Waals surface area contributed by atoms with Crippen molar-refractivity contribution in [1.82, 2.24) is 4.90 Å². The summed E-state index contributed by atoms with van der Waals surface area (Å²) in [6, 6.07) is 5.96. The number of hydrogen-bond acceptors (Lipinski definition) is 2. The van der Waals surface area contributed by atoms with Gasteiger partial charge in [-0.2, -0.15) is 0 Å². The molecular weight excluding hydrogens is 234 g/mol. The maximum atomic E-state index is 6.06. The summed E-state index contributed by atoms with van der Waals surface area (Å²) in [6.45, 7) is 2.29. The van der Waals surface area contributed by atoms with Gasteiger partial charge in [-0.05, 0) is 51.2 Å². The lowest BCUT2D eigenvalue weighted by Gasteiger charge is -2.27. The fraction of sp³-hybridized carbons (Fsp3) is 0.429. The summed E-state index contributed by atoms with van der Waals surface area (Å²) >= 11 is 6.06. The Bertz CT molecular complexity index is 526. The van der Waals surface area contributed by atoms with E-state index in [0.717, 1.165) is 29.3 Å². The van der Waals surface area contributed by atoms with E-state index in [1.807, 2.05) is 24.5 Å². The van der Waals surface area contributed by atoms with Crippen molar-refractivity contribution in [1.29, 1.82) is 0 Å². The number of nitrogens with zero attached hydrogens (tertiary/aromatic N) is 1. The van der Waals surface area contributed by atoms with Crippen LogP contribution < -0.4 is 0 Å². The van der Waals surface area contributed by atoms with Crippen LogP contribution in [0.1, 0.15) is 24.5 Å². The Morgan fingerprint density at radius 1 is 1.29 bits per heavy atom. The van der Waals surface area contributed by atoms with E-state index >= 15 is 0 Å². The first-order valence-electron chi connectivity index (χ1n) is 6.09. The lowest BCUT2D eigenvalue weighted by atomic mass is 9.92. The van der Waals surface area contributed by atoms with E-state index in [2.05, 4.69) is 11.9 Å². The van der Waals surface area contributed by atoms with Crippen LogP contribution in [-0.2, 0) is 0 Å². The molecule has 0 aliphatic carbocycles. The molecule has 0 atom stereocenters. The number of hydrogen-bond donors (Lipinski definition) is 0. The van der Waals surface area contributed by atoms with Crippen molar-refractivity contribution >= 4 is 22.4 Å². The zero-order chi connectivity index (χ0) is 11.8. The van der Waals surface area contributed by atoms with Crippen LogP contribution >= 0.6 is 11.6 Å². The molecule has 2 heterocycles. The second-order valence-electron chi connectivity index (χ2n) is 4.91. The largest absolute Gasteiger partial charge is 0.468 e. The predicted molar refractivity (Wildman–Crippen MR) is 70.7 cm³/mol. The predicted octanol–water partition coefficient (Wildman–Crippen LogP) is 3.90. The van der Waals surface area contributed by atoms with Crippen molar-refractivity contribution in [3.05, 3.63) is 35.2 Å². The first-order valence-corrected chi connectivity index (χ1v) is 6.47. The molecule has 1 fully saturated rings. The van der Waals surface area contributed by atoms with E-state index in [1.54, 1.807) is 0 Å². The molecule has 0 saturated carbocycles. The van der Waals surface area contributed by atoms with Crippen molar-refractivity contribution in [3.63, 3.8) is 0 Å². The SMILES string of the molecule is CN1CCC(c2occ3ccc(Cl)cc23)CC1. The van der Waals surface area contributed by atoms with Gasteiger partial charge in [0.05, 0.1) is 6.26 Å². The number of likely N-dealkylation sites (tertiary alicyclic amines) is 1. The minimum Gasteiger partial charge on any atom is -0.468 e. The standard InChI is InChI=1S/C14H16ClNO/c1-16-6-4-10(5-7-16)14-13-8-12(15)3-2-11(13)9-17-14/h2-3,8-10H,4-7H2,1H3. The Morgan fingerprint density at radius 2 is 2.06 bits per heavy atom. The summed E-state index contributed by atoms with van der Waals surface area (Å²) in [5.41, 5.74) is 0. The third-order valence-corrected chi connectivity index (χ3v) is 3.92. The summed E-state index contributed by atoms with van der Waals surface area (Å²) in [6.07, 6.45) is 4.19. The van der Waals surface area contributed by atoms with Crippen molar-refractivity contribution in [3.8, 4) is 0 Å². The second kappa shape index (κ2) is 4.35. The molecule has 2 aromatic rings. The fourth-order valence-electron chi connectivity index (χ4n) is 2.62. The first-order chi connectivity index (χ1) is 8.24. The van der Waals surface area contributed by atoms with Crippen molar-refractivity contribution in [2.75, 3.05) is 20.1 Å². The van der Waals surface area contributed by atoms with Crippen LogP contribution in [0.5, 0.6) is 0 Å². The smallest absolute Gasteiger partial charge is 0.114 e. The van der Waals surface area contributed by atoms with E-state index in [0.29, 0.717) is 5.92 Å². The molecule has 2 nitrogen and oxygen atoms in total. The van der Waals surface area contributed by atoms with Gasteiger partial charge < -0.3 is 9.32 Å². The maximum Gasteiger partial charge on any atom is 0.114 e. The van der Waals surface area contributed by atoms with Gasteiger partial charge in [-0.25, -0.2) is 0 Å². The molecule has 0 N–H and O–H groups in total. The number of furan rings is 1. The Balaban J connectivity index is 1.97. The Labute approximate surface area is 106 Å². The molecule has 3 rings (SSSR count). The summed E-state index contributed by atoms with van der Waals surface area (Å²) in [7, 11) is 2.17. The highest BCUT2D eigenvalue weighted by atomic mass is 35.5. The van der Waals surface area contributed by atoms with E-state index in [-0.39, 0.29) is 0 Å². The van der Waals surface area contributed by atoms with Crippen molar-refractivity contribution in [2.45, 2.75) is 18.8 Å². The third kappa shape index (κ3) is 2.07. The van der Waals surface area contributed by atoms with Crippen LogP contribution in [0.3, 0.4) is 0 Å². The Morgan fingerprint density at radius 3 is 2.82 bits per heavy atom. The van der Waals surface area contributed by atoms with Gasteiger partial charge >= 0.3 is 0 Å². The van der Waals surface area contributed by atoms with Crippen LogP contribution in [0.25, 0.3) is 10.8 Å². The number of halogens is 1. The minimum atomic E-state index is 0.544. The molecule has 1 aromatic carbocycles. The molecule has 1 aromatic heterocycles. The van der Waals surface area contributed by atoms with Gasteiger partial charge in [0, 0.05) is 21.7 Å². The summed E-state index contributed by atoms with van der Waals surface area (Å²) < 4.78 is 5.77. The van der Waals surface area contributed by atoms with Crippen LogP contribution in [-0.4, -0.2) is 25.0 Å². The van der Waals surface area contributed by atoms with Gasteiger partial charge in [0.1, 0.15) is 5.76 Å². The number of rotatable bonds is 1. The van der Waals surface area contributed by atoms with E-state index in [9.17, 15) is 0 Å². The normalized spacial score (nSPS) is 18.9. The highest BCUT2D eigenvalue weighted by molar-refractivity contribution is 6.31. The molecule has 0 amide bonds. The minimum absolute atomic E-state index is 0.544. The molecule has 17 heavy (non-hydrogen) atoms. The van der Waals surface area contributed by atoms with E-state index in [4.69, 9.17) is 16.0 Å². The van der Waals surface area contributed by atoms with Gasteiger partial charge in [0.2, 0.25) is 0 Å². The quantitative estimate of drug-likeness (QED) is 0.762. The first kappa shape index (κ1) is 11.1. The van der Waals surface area contributed by atoms with Crippen LogP contribution in [0.4, 0.5) is 0 Å². The highest BCUT2D eigenvalue weighted by Gasteiger charge is 2.22. The molecule has 0 unspecified atom stereocenters. The zero-order valence-corrected chi connectivity index (χ0v) is 10.7. The van der Waals surface area contributed by atoms with Gasteiger partial charge in [0.25, 0.3) is 0 Å². The molecule has 1 aliphatic heterocycles. The molecule has 0 spiro atoms. The number of benzene rings is 1. The monoisotopic (exact) mass is 249 g/mol. The topological polar surface area (TPSA) is 16.4 Å². The molecule has 1 saturated heterocycles. The van der Waals surface area contributed by atoms with Crippen molar-refractivity contribution in [2.24, 2.45) is 0 Å². The van der Waals surface area contributed by atoms with Gasteiger partial charge in [0.15, 0.2) is 0 Å². The Kier molecular flexibility index (Phi) is 2.85. The van der Waals surface area contributed by atoms with Gasteiger partial charge in [-0.1, -0.05) is 11.6 Å². The summed E-state index contributed by atoms with van der Waals surface area (Å²) in [4.78, 5) is 2.37. The average molecular weight is 250 g/mol. The van der Waals surface area contributed by atoms with Crippen LogP contribution in [0, 0.1) is 0 Å². The molecule has 0 bridgehead atoms. The van der Waals surface area contributed by atoms with Crippen LogP contribution in [0.15, 0.2) is 28.9 Å². The molecule has 3 heteroatoms. The van der Waals surface area contributed by atoms with Gasteiger partial charge in [-0.3, -0.25) is 0 Å². The Hall–Kier alpha value is -0.990. The van der Waals surface area contributed by atoms with Gasteiger partial charge in [-0.15, -0.1) is 0 Å². The fourth-order valence-corrected chi connectivity index (χ4v) is 2.79. The molecule has 0 radical (unpaired) electrons. The average Bonchev–Trinajstić information content (AvgIpc) is 2.73. The maximum absolute atomic E-state index is 6.06.